The minimum Gasteiger partial charge on any atom is -0.500 e. The molecule has 0 spiro atoms. The third kappa shape index (κ3) is 7.11. The number of carbonyl (C=O) groups is 2. The van der Waals surface area contributed by atoms with Crippen molar-refractivity contribution >= 4 is 20.5 Å². The van der Waals surface area contributed by atoms with Crippen molar-refractivity contribution in [2.75, 3.05) is 6.61 Å². The van der Waals surface area contributed by atoms with Crippen LogP contribution in [0.4, 0.5) is 9.59 Å². The first-order valence-electron chi connectivity index (χ1n) is 8.99. The van der Waals surface area contributed by atoms with Crippen molar-refractivity contribution in [3.05, 3.63) is 0 Å². The van der Waals surface area contributed by atoms with Crippen LogP contribution in [0.25, 0.3) is 0 Å². The van der Waals surface area contributed by atoms with Crippen LogP contribution in [0.1, 0.15) is 74.1 Å². The lowest BCUT2D eigenvalue weighted by atomic mass is 10.2. The summed E-state index contributed by atoms with van der Waals surface area (Å²) in [5.41, 5.74) is 0.756. The number of amides is 2. The number of carbonyl (C=O) groups excluding carboxylic acids is 2. The highest BCUT2D eigenvalue weighted by Crippen LogP contribution is 2.42. The van der Waals surface area contributed by atoms with Crippen molar-refractivity contribution in [2.45, 2.75) is 90.8 Å². The Kier molecular flexibility index (Phi) is 10.7. The van der Waals surface area contributed by atoms with Gasteiger partial charge in [-0.1, -0.05) is 78.0 Å². The van der Waals surface area contributed by atoms with E-state index >= 15 is 0 Å². The van der Waals surface area contributed by atoms with Crippen LogP contribution < -0.4 is 0 Å². The number of azo groups is 1. The Morgan fingerprint density at radius 2 is 1.33 bits per heavy atom. The molecule has 140 valence electrons. The first-order chi connectivity index (χ1) is 11.2. The summed E-state index contributed by atoms with van der Waals surface area (Å²) < 4.78 is 10.7. The van der Waals surface area contributed by atoms with E-state index in [-0.39, 0.29) is 16.6 Å². The highest BCUT2D eigenvalue weighted by Gasteiger charge is 2.48. The number of rotatable bonds is 9. The molecule has 6 nitrogen and oxygen atoms in total. The van der Waals surface area contributed by atoms with Gasteiger partial charge in [0.25, 0.3) is 8.32 Å². The molecule has 0 rings (SSSR count). The van der Waals surface area contributed by atoms with Gasteiger partial charge in [0.2, 0.25) is 0 Å². The van der Waals surface area contributed by atoms with Gasteiger partial charge < -0.3 is 9.16 Å². The fourth-order valence-corrected chi connectivity index (χ4v) is 8.37. The Bertz CT molecular complexity index is 401. The normalized spacial score (nSPS) is 12.4. The Hall–Kier alpha value is -1.24. The molecule has 0 aliphatic carbocycles. The Balaban J connectivity index is 4.60. The number of hydrogen-bond acceptors (Lipinski definition) is 4. The smallest absolute Gasteiger partial charge is 0.452 e. The molecule has 0 N–H and O–H groups in total. The van der Waals surface area contributed by atoms with E-state index < -0.39 is 20.5 Å². The van der Waals surface area contributed by atoms with Crippen LogP contribution in [-0.2, 0) is 9.16 Å². The van der Waals surface area contributed by atoms with Crippen LogP contribution in [0.2, 0.25) is 16.6 Å². The molecule has 0 saturated carbocycles. The zero-order valence-corrected chi connectivity index (χ0v) is 17.3. The highest BCUT2D eigenvalue weighted by molar-refractivity contribution is 6.78. The second kappa shape index (κ2) is 11.3. The summed E-state index contributed by atoms with van der Waals surface area (Å²) in [6.07, 6.45) is 2.40. The van der Waals surface area contributed by atoms with Gasteiger partial charge >= 0.3 is 12.2 Å². The number of hydrogen-bond donors (Lipinski definition) is 0. The third-order valence-electron chi connectivity index (χ3n) is 4.41. The number of ether oxygens (including phenoxy) is 1. The lowest BCUT2D eigenvalue weighted by Gasteiger charge is -2.40. The zero-order valence-electron chi connectivity index (χ0n) is 16.3. The molecule has 7 heteroatoms. The van der Waals surface area contributed by atoms with Gasteiger partial charge in [0.1, 0.15) is 0 Å². The molecule has 0 aromatic carbocycles. The SMILES string of the molecule is CCCCCCOC(=O)/N=N/C(=O)O[Si](C(C)C)(C(C)C)C(C)C. The molecular weight excluding hydrogens is 324 g/mol. The monoisotopic (exact) mass is 358 g/mol. The van der Waals surface area contributed by atoms with E-state index in [2.05, 4.69) is 58.7 Å². The largest absolute Gasteiger partial charge is 0.500 e. The van der Waals surface area contributed by atoms with Crippen LogP contribution >= 0.6 is 0 Å². The van der Waals surface area contributed by atoms with Crippen molar-refractivity contribution < 1.29 is 18.8 Å². The van der Waals surface area contributed by atoms with E-state index in [4.69, 9.17) is 9.16 Å². The van der Waals surface area contributed by atoms with Crippen LogP contribution in [-0.4, -0.2) is 27.1 Å². The molecular formula is C17H34N2O4Si. The molecule has 0 bridgehead atoms. The van der Waals surface area contributed by atoms with Crippen molar-refractivity contribution in [2.24, 2.45) is 10.2 Å². The second-order valence-electron chi connectivity index (χ2n) is 7.06. The third-order valence-corrected chi connectivity index (χ3v) is 10.4. The topological polar surface area (TPSA) is 77.3 Å². The maximum atomic E-state index is 12.0. The summed E-state index contributed by atoms with van der Waals surface area (Å²) in [7, 11) is -2.36. The quantitative estimate of drug-likeness (QED) is 0.269. The molecule has 0 aliphatic heterocycles. The van der Waals surface area contributed by atoms with E-state index in [1.165, 1.54) is 0 Å². The summed E-state index contributed by atoms with van der Waals surface area (Å²) in [5.74, 6) is 0. The summed E-state index contributed by atoms with van der Waals surface area (Å²) in [5, 5.41) is 6.71. The molecule has 0 aliphatic rings. The van der Waals surface area contributed by atoms with Crippen LogP contribution in [0, 0.1) is 0 Å². The Labute approximate surface area is 147 Å². The molecule has 0 fully saturated rings. The number of unbranched alkanes of at least 4 members (excludes halogenated alkanes) is 3. The lowest BCUT2D eigenvalue weighted by Crippen LogP contribution is -2.48. The molecule has 0 aromatic heterocycles. The average molecular weight is 359 g/mol. The van der Waals surface area contributed by atoms with E-state index in [0.29, 0.717) is 6.61 Å². The minimum absolute atomic E-state index is 0.252. The van der Waals surface area contributed by atoms with Gasteiger partial charge in [-0.05, 0) is 23.0 Å². The number of nitrogens with zero attached hydrogens (tertiary/aromatic N) is 2. The van der Waals surface area contributed by atoms with Crippen molar-refractivity contribution in [1.29, 1.82) is 0 Å². The molecule has 0 aromatic rings. The Morgan fingerprint density at radius 1 is 0.833 bits per heavy atom. The van der Waals surface area contributed by atoms with Gasteiger partial charge in [-0.3, -0.25) is 0 Å². The standard InChI is InChI=1S/C17H34N2O4Si/c1-8-9-10-11-12-22-16(20)18-19-17(21)23-24(13(2)3,14(4)5)15(6)7/h13-15H,8-12H2,1-7H3/b19-18+. The van der Waals surface area contributed by atoms with Gasteiger partial charge in [-0.2, -0.15) is 0 Å². The van der Waals surface area contributed by atoms with Crippen LogP contribution in [0.3, 0.4) is 0 Å². The van der Waals surface area contributed by atoms with Gasteiger partial charge in [0.15, 0.2) is 0 Å². The maximum Gasteiger partial charge on any atom is 0.452 e. The molecule has 0 heterocycles. The summed E-state index contributed by atoms with van der Waals surface area (Å²) in [6, 6.07) is 0. The fourth-order valence-electron chi connectivity index (χ4n) is 3.32. The van der Waals surface area contributed by atoms with E-state index in [1.54, 1.807) is 0 Å². The highest BCUT2D eigenvalue weighted by atomic mass is 28.4. The molecule has 0 unspecified atom stereocenters. The summed E-state index contributed by atoms with van der Waals surface area (Å²) in [4.78, 5) is 23.5. The first kappa shape index (κ1) is 22.8. The van der Waals surface area contributed by atoms with Gasteiger partial charge in [0, 0.05) is 0 Å². The molecule has 0 saturated heterocycles. The van der Waals surface area contributed by atoms with Gasteiger partial charge in [0.05, 0.1) is 6.61 Å². The zero-order chi connectivity index (χ0) is 18.8. The molecule has 2 amide bonds. The fraction of sp³-hybridized carbons (Fsp3) is 0.882. The van der Waals surface area contributed by atoms with Crippen molar-refractivity contribution in [3.8, 4) is 0 Å². The van der Waals surface area contributed by atoms with Gasteiger partial charge in [-0.15, -0.1) is 0 Å². The van der Waals surface area contributed by atoms with E-state index in [0.717, 1.165) is 25.7 Å². The summed E-state index contributed by atoms with van der Waals surface area (Å²) >= 11 is 0. The molecule has 24 heavy (non-hydrogen) atoms. The average Bonchev–Trinajstić information content (AvgIpc) is 2.49. The Morgan fingerprint density at radius 3 is 1.79 bits per heavy atom. The molecule has 0 atom stereocenters. The van der Waals surface area contributed by atoms with E-state index in [1.807, 2.05) is 0 Å². The van der Waals surface area contributed by atoms with Gasteiger partial charge in [-0.25, -0.2) is 9.59 Å². The van der Waals surface area contributed by atoms with E-state index in [9.17, 15) is 9.59 Å². The van der Waals surface area contributed by atoms with Crippen LogP contribution in [0.5, 0.6) is 0 Å². The summed E-state index contributed by atoms with van der Waals surface area (Å²) in [6.45, 7) is 14.8. The lowest BCUT2D eigenvalue weighted by molar-refractivity contribution is 0.151. The molecule has 0 radical (unpaired) electrons. The van der Waals surface area contributed by atoms with Crippen LogP contribution in [0.15, 0.2) is 10.2 Å². The maximum absolute atomic E-state index is 12.0. The predicted octanol–water partition coefficient (Wildman–Crippen LogP) is 6.47. The predicted molar refractivity (Wildman–Crippen MR) is 97.9 cm³/mol. The first-order valence-corrected chi connectivity index (χ1v) is 11.1. The van der Waals surface area contributed by atoms with Crippen molar-refractivity contribution in [1.82, 2.24) is 0 Å². The minimum atomic E-state index is -2.36. The van der Waals surface area contributed by atoms with Crippen molar-refractivity contribution in [3.63, 3.8) is 0 Å². The second-order valence-corrected chi connectivity index (χ2v) is 12.4.